The summed E-state index contributed by atoms with van der Waals surface area (Å²) >= 11 is 0. The Balaban J connectivity index is 1.14. The maximum absolute atomic E-state index is 12.7. The molecule has 1 aromatic carbocycles. The van der Waals surface area contributed by atoms with Crippen molar-refractivity contribution in [2.45, 2.75) is 111 Å². The zero-order chi connectivity index (χ0) is 26.4. The number of nitrogens with two attached hydrogens (primary N) is 2. The number of esters is 1. The largest absolute Gasteiger partial charge is 0.424 e. The molecule has 0 spiro atoms. The lowest BCUT2D eigenvalue weighted by molar-refractivity contribution is -0.138. The quantitative estimate of drug-likeness (QED) is 0.221. The van der Waals surface area contributed by atoms with E-state index in [1.54, 1.807) is 18.2 Å². The van der Waals surface area contributed by atoms with E-state index < -0.39 is 0 Å². The normalized spacial score (nSPS) is 38.6. The molecule has 4 fully saturated rings. The van der Waals surface area contributed by atoms with Crippen LogP contribution in [0.5, 0.6) is 5.75 Å². The second-order valence-electron chi connectivity index (χ2n) is 14.2. The number of anilines is 2. The van der Waals surface area contributed by atoms with Gasteiger partial charge < -0.3 is 16.2 Å². The molecule has 9 atom stereocenters. The first kappa shape index (κ1) is 26.9. The molecule has 206 valence electrons. The molecular weight excluding hydrogens is 456 g/mol. The number of hydrogen-bond donors (Lipinski definition) is 2. The van der Waals surface area contributed by atoms with Gasteiger partial charge in [0.15, 0.2) is 5.75 Å². The number of carbonyl (C=O) groups excluding carboxylic acids is 1. The summed E-state index contributed by atoms with van der Waals surface area (Å²) in [7, 11) is 0. The van der Waals surface area contributed by atoms with Crippen LogP contribution in [0.15, 0.2) is 18.2 Å². The molecule has 0 saturated heterocycles. The van der Waals surface area contributed by atoms with Crippen molar-refractivity contribution in [2.24, 2.45) is 52.3 Å². The van der Waals surface area contributed by atoms with Gasteiger partial charge in [-0.15, -0.1) is 0 Å². The van der Waals surface area contributed by atoms with Gasteiger partial charge in [0.25, 0.3) is 0 Å². The second-order valence-corrected chi connectivity index (χ2v) is 14.2. The third-order valence-electron chi connectivity index (χ3n) is 12.3. The van der Waals surface area contributed by atoms with Gasteiger partial charge in [0.05, 0.1) is 11.6 Å². The summed E-state index contributed by atoms with van der Waals surface area (Å²) in [6.45, 7) is 9.85. The predicted octanol–water partition coefficient (Wildman–Crippen LogP) is 8.25. The first-order chi connectivity index (χ1) is 17.6. The standard InChI is InChI=1S/C33H52N2O2/c1-21(8-7-9-22(2)31(36)37-30-16-12-24(34)20-29(30)35)26-14-15-27-25-13-11-23-10-5-6-18-32(23,3)28(25)17-19-33(26,27)4/h12,16,20-23,25-28H,5-11,13-15,17-19,34-35H2,1-4H3/t21?,22?,23?,25-,26+,27-,28-,32-,33+/m0/s1. The van der Waals surface area contributed by atoms with Crippen molar-refractivity contribution in [1.29, 1.82) is 0 Å². The second kappa shape index (κ2) is 10.5. The van der Waals surface area contributed by atoms with Crippen LogP contribution in [0, 0.1) is 52.3 Å². The van der Waals surface area contributed by atoms with Crippen molar-refractivity contribution in [2.75, 3.05) is 11.5 Å². The van der Waals surface area contributed by atoms with E-state index in [0.717, 1.165) is 48.3 Å². The number of carbonyl (C=O) groups is 1. The third-order valence-corrected chi connectivity index (χ3v) is 12.3. The molecule has 4 aliphatic carbocycles. The van der Waals surface area contributed by atoms with E-state index in [4.69, 9.17) is 16.2 Å². The van der Waals surface area contributed by atoms with E-state index in [1.165, 1.54) is 70.6 Å². The number of ether oxygens (including phenoxy) is 1. The number of fused-ring (bicyclic) bond motifs is 5. The average Bonchev–Trinajstić information content (AvgIpc) is 3.22. The van der Waals surface area contributed by atoms with Gasteiger partial charge in [-0.2, -0.15) is 0 Å². The van der Waals surface area contributed by atoms with Crippen molar-refractivity contribution < 1.29 is 9.53 Å². The first-order valence-electron chi connectivity index (χ1n) is 15.5. The highest BCUT2D eigenvalue weighted by atomic mass is 16.5. The molecule has 4 heteroatoms. The lowest BCUT2D eigenvalue weighted by atomic mass is 9.44. The van der Waals surface area contributed by atoms with E-state index in [9.17, 15) is 4.79 Å². The lowest BCUT2D eigenvalue weighted by Gasteiger charge is -2.61. The summed E-state index contributed by atoms with van der Waals surface area (Å²) in [5, 5.41) is 0. The highest BCUT2D eigenvalue weighted by Crippen LogP contribution is 2.68. The van der Waals surface area contributed by atoms with Crippen LogP contribution < -0.4 is 16.2 Å². The zero-order valence-corrected chi connectivity index (χ0v) is 23.9. The van der Waals surface area contributed by atoms with Gasteiger partial charge in [-0.05, 0) is 122 Å². The smallest absolute Gasteiger partial charge is 0.314 e. The monoisotopic (exact) mass is 508 g/mol. The molecular formula is C33H52N2O2. The maximum atomic E-state index is 12.7. The molecule has 0 heterocycles. The van der Waals surface area contributed by atoms with Crippen molar-refractivity contribution in [3.63, 3.8) is 0 Å². The van der Waals surface area contributed by atoms with Crippen LogP contribution in [0.2, 0.25) is 0 Å². The van der Waals surface area contributed by atoms with Gasteiger partial charge in [0.1, 0.15) is 0 Å². The van der Waals surface area contributed by atoms with Crippen LogP contribution in [-0.2, 0) is 4.79 Å². The van der Waals surface area contributed by atoms with Crippen molar-refractivity contribution in [3.05, 3.63) is 18.2 Å². The SMILES string of the molecule is CC(CCCC(C)[C@H]1CC[C@H]2[C@@H]3CCC4CCCC[C@]4(C)[C@H]3CC[C@]12C)C(=O)Oc1ccc(N)cc1N. The zero-order valence-electron chi connectivity index (χ0n) is 23.9. The van der Waals surface area contributed by atoms with Crippen molar-refractivity contribution in [1.82, 2.24) is 0 Å². The molecule has 0 aliphatic heterocycles. The van der Waals surface area contributed by atoms with E-state index >= 15 is 0 Å². The minimum absolute atomic E-state index is 0.127. The lowest BCUT2D eigenvalue weighted by Crippen LogP contribution is -2.53. The molecule has 5 rings (SSSR count). The summed E-state index contributed by atoms with van der Waals surface area (Å²) in [6, 6.07) is 5.04. The molecule has 0 aromatic heterocycles. The van der Waals surface area contributed by atoms with E-state index in [2.05, 4.69) is 20.8 Å². The van der Waals surface area contributed by atoms with Crippen LogP contribution in [-0.4, -0.2) is 5.97 Å². The molecule has 1 aromatic rings. The summed E-state index contributed by atoms with van der Waals surface area (Å²) in [5.74, 6) is 5.57. The molecule has 37 heavy (non-hydrogen) atoms. The summed E-state index contributed by atoms with van der Waals surface area (Å²) in [6.07, 6.45) is 17.9. The molecule has 0 amide bonds. The summed E-state index contributed by atoms with van der Waals surface area (Å²) < 4.78 is 5.58. The van der Waals surface area contributed by atoms with Crippen LogP contribution in [0.4, 0.5) is 11.4 Å². The topological polar surface area (TPSA) is 78.3 Å². The Hall–Kier alpha value is -1.71. The van der Waals surface area contributed by atoms with Gasteiger partial charge in [0, 0.05) is 5.69 Å². The number of nitrogen functional groups attached to an aromatic ring is 2. The first-order valence-corrected chi connectivity index (χ1v) is 15.5. The Morgan fingerprint density at radius 1 is 0.946 bits per heavy atom. The molecule has 4 nitrogen and oxygen atoms in total. The fraction of sp³-hybridized carbons (Fsp3) is 0.788. The highest BCUT2D eigenvalue weighted by molar-refractivity contribution is 5.77. The highest BCUT2D eigenvalue weighted by Gasteiger charge is 2.60. The summed E-state index contributed by atoms with van der Waals surface area (Å²) in [5.41, 5.74) is 13.9. The molecule has 4 aliphatic rings. The minimum atomic E-state index is -0.192. The summed E-state index contributed by atoms with van der Waals surface area (Å²) in [4.78, 5) is 12.7. The fourth-order valence-corrected chi connectivity index (χ4v) is 10.2. The number of benzene rings is 1. The molecule has 0 radical (unpaired) electrons. The Kier molecular flexibility index (Phi) is 7.59. The molecule has 4 saturated carbocycles. The number of hydrogen-bond acceptors (Lipinski definition) is 4. The Morgan fingerprint density at radius 2 is 1.73 bits per heavy atom. The average molecular weight is 509 g/mol. The Labute approximate surface area is 225 Å². The van der Waals surface area contributed by atoms with Crippen molar-refractivity contribution in [3.8, 4) is 5.75 Å². The van der Waals surface area contributed by atoms with Gasteiger partial charge in [-0.1, -0.05) is 53.4 Å². The minimum Gasteiger partial charge on any atom is -0.424 e. The Bertz CT molecular complexity index is 977. The number of rotatable bonds is 7. The predicted molar refractivity (Wildman–Crippen MR) is 153 cm³/mol. The molecule has 0 bridgehead atoms. The van der Waals surface area contributed by atoms with Gasteiger partial charge >= 0.3 is 5.97 Å². The molecule has 4 N–H and O–H groups in total. The van der Waals surface area contributed by atoms with Crippen LogP contribution in [0.25, 0.3) is 0 Å². The maximum Gasteiger partial charge on any atom is 0.314 e. The fourth-order valence-electron chi connectivity index (χ4n) is 10.2. The van der Waals surface area contributed by atoms with Gasteiger partial charge in [0.2, 0.25) is 0 Å². The van der Waals surface area contributed by atoms with E-state index in [-0.39, 0.29) is 11.9 Å². The van der Waals surface area contributed by atoms with Crippen LogP contribution in [0.1, 0.15) is 111 Å². The Morgan fingerprint density at radius 3 is 2.51 bits per heavy atom. The third kappa shape index (κ3) is 4.91. The van der Waals surface area contributed by atoms with Gasteiger partial charge in [-0.3, -0.25) is 4.79 Å². The van der Waals surface area contributed by atoms with E-state index in [1.807, 2.05) is 6.92 Å². The van der Waals surface area contributed by atoms with Crippen LogP contribution >= 0.6 is 0 Å². The van der Waals surface area contributed by atoms with E-state index in [0.29, 0.717) is 28.0 Å². The van der Waals surface area contributed by atoms with Crippen molar-refractivity contribution >= 4 is 17.3 Å². The van der Waals surface area contributed by atoms with Gasteiger partial charge in [-0.25, -0.2) is 0 Å². The molecule has 3 unspecified atom stereocenters. The van der Waals surface area contributed by atoms with Crippen LogP contribution in [0.3, 0.4) is 0 Å².